The Hall–Kier alpha value is -3.55. The van der Waals surface area contributed by atoms with E-state index < -0.39 is 0 Å². The third-order valence-electron chi connectivity index (χ3n) is 6.05. The van der Waals surface area contributed by atoms with Gasteiger partial charge in [-0.15, -0.1) is 11.3 Å². The Morgan fingerprint density at radius 3 is 2.88 bits per heavy atom. The first-order valence-corrected chi connectivity index (χ1v) is 11.8. The molecule has 7 heteroatoms. The first-order valence-electron chi connectivity index (χ1n) is 11.0. The first-order chi connectivity index (χ1) is 16.1. The molecule has 166 valence electrons. The maximum absolute atomic E-state index is 12.0. The third-order valence-corrected chi connectivity index (χ3v) is 6.97. The predicted molar refractivity (Wildman–Crippen MR) is 133 cm³/mol. The number of aromatic nitrogens is 2. The molecule has 0 radical (unpaired) electrons. The number of nitrogens with one attached hydrogen (secondary N) is 2. The number of nitrogens with zero attached hydrogens (tertiary/aromatic N) is 2. The van der Waals surface area contributed by atoms with Crippen molar-refractivity contribution >= 4 is 23.1 Å². The minimum atomic E-state index is -0.346. The summed E-state index contributed by atoms with van der Waals surface area (Å²) in [7, 11) is 1.55. The van der Waals surface area contributed by atoms with Crippen LogP contribution in [-0.4, -0.2) is 22.9 Å². The van der Waals surface area contributed by atoms with Crippen molar-refractivity contribution in [1.29, 1.82) is 0 Å². The van der Waals surface area contributed by atoms with Gasteiger partial charge in [0.25, 0.3) is 5.91 Å². The highest BCUT2D eigenvalue weighted by Crippen LogP contribution is 2.36. The van der Waals surface area contributed by atoms with E-state index in [-0.39, 0.29) is 17.4 Å². The Morgan fingerprint density at radius 1 is 1.15 bits per heavy atom. The molecule has 0 aliphatic heterocycles. The van der Waals surface area contributed by atoms with E-state index in [1.807, 2.05) is 12.1 Å². The minimum Gasteiger partial charge on any atom is -0.382 e. The largest absolute Gasteiger partial charge is 0.382 e. The van der Waals surface area contributed by atoms with E-state index >= 15 is 0 Å². The molecule has 1 atom stereocenters. The highest BCUT2D eigenvalue weighted by molar-refractivity contribution is 7.13. The van der Waals surface area contributed by atoms with Gasteiger partial charge in [0.05, 0.1) is 11.9 Å². The van der Waals surface area contributed by atoms with Gasteiger partial charge in [0.2, 0.25) is 0 Å². The molecule has 0 spiro atoms. The molecule has 0 fully saturated rings. The number of amides is 1. The average Bonchev–Trinajstić information content (AvgIpc) is 3.53. The van der Waals surface area contributed by atoms with Gasteiger partial charge in [-0.2, -0.15) is 0 Å². The Balaban J connectivity index is 1.33. The van der Waals surface area contributed by atoms with Crippen molar-refractivity contribution in [2.75, 3.05) is 12.8 Å². The Bertz CT molecular complexity index is 1300. The summed E-state index contributed by atoms with van der Waals surface area (Å²) in [6.45, 7) is 0.742. The molecule has 2 aromatic heterocycles. The molecule has 1 unspecified atom stereocenters. The van der Waals surface area contributed by atoms with Gasteiger partial charge in [-0.05, 0) is 58.7 Å². The summed E-state index contributed by atoms with van der Waals surface area (Å²) in [5, 5.41) is 8.41. The zero-order chi connectivity index (χ0) is 22.8. The summed E-state index contributed by atoms with van der Waals surface area (Å²) in [6.07, 6.45) is 3.80. The number of hydrogen-bond acceptors (Lipinski definition) is 6. The van der Waals surface area contributed by atoms with Crippen molar-refractivity contribution in [2.24, 2.45) is 0 Å². The highest BCUT2D eigenvalue weighted by Gasteiger charge is 2.22. The van der Waals surface area contributed by atoms with Crippen molar-refractivity contribution in [3.05, 3.63) is 88.6 Å². The summed E-state index contributed by atoms with van der Waals surface area (Å²) in [6, 6.07) is 19.6. The number of nitrogens with two attached hydrogens (primary N) is 1. The number of fused-ring (bicyclic) bond motifs is 1. The fraction of sp³-hybridized carbons (Fsp3) is 0.192. The Labute approximate surface area is 196 Å². The van der Waals surface area contributed by atoms with Gasteiger partial charge in [0, 0.05) is 30.1 Å². The van der Waals surface area contributed by atoms with Crippen LogP contribution in [0.5, 0.6) is 0 Å². The van der Waals surface area contributed by atoms with E-state index in [2.05, 4.69) is 68.4 Å². The van der Waals surface area contributed by atoms with Crippen LogP contribution in [0.15, 0.2) is 66.2 Å². The number of carbonyl (C=O) groups is 1. The average molecular weight is 456 g/mol. The van der Waals surface area contributed by atoms with Crippen molar-refractivity contribution in [3.63, 3.8) is 0 Å². The number of anilines is 1. The van der Waals surface area contributed by atoms with Crippen LogP contribution in [0.25, 0.3) is 21.7 Å². The smallest absolute Gasteiger partial charge is 0.273 e. The minimum absolute atomic E-state index is 0.123. The predicted octanol–water partition coefficient (Wildman–Crippen LogP) is 4.59. The van der Waals surface area contributed by atoms with Crippen molar-refractivity contribution in [2.45, 2.75) is 25.4 Å². The molecule has 0 saturated carbocycles. The molecule has 1 amide bonds. The summed E-state index contributed by atoms with van der Waals surface area (Å²) >= 11 is 1.77. The molecular weight excluding hydrogens is 430 g/mol. The third kappa shape index (κ3) is 4.37. The lowest BCUT2D eigenvalue weighted by atomic mass is 10.0. The van der Waals surface area contributed by atoms with Gasteiger partial charge in [-0.25, -0.2) is 9.97 Å². The molecule has 6 nitrogen and oxygen atoms in total. The number of thiophene rings is 1. The number of aryl methyl sites for hydroxylation is 1. The van der Waals surface area contributed by atoms with Crippen molar-refractivity contribution in [3.8, 4) is 21.7 Å². The molecule has 0 saturated heterocycles. The lowest BCUT2D eigenvalue weighted by Crippen LogP contribution is -2.21. The van der Waals surface area contributed by atoms with Crippen molar-refractivity contribution < 1.29 is 4.79 Å². The lowest BCUT2D eigenvalue weighted by molar-refractivity contribution is 0.0959. The second kappa shape index (κ2) is 9.13. The maximum Gasteiger partial charge on any atom is 0.273 e. The van der Waals surface area contributed by atoms with Gasteiger partial charge in [-0.1, -0.05) is 36.4 Å². The van der Waals surface area contributed by atoms with Crippen LogP contribution in [0.4, 0.5) is 5.82 Å². The Kier molecular flexibility index (Phi) is 5.90. The van der Waals surface area contributed by atoms with Crippen LogP contribution in [0.2, 0.25) is 0 Å². The van der Waals surface area contributed by atoms with Gasteiger partial charge >= 0.3 is 0 Å². The molecule has 1 aliphatic carbocycles. The van der Waals surface area contributed by atoms with E-state index in [1.165, 1.54) is 21.6 Å². The second-order valence-electron chi connectivity index (χ2n) is 8.13. The van der Waals surface area contributed by atoms with Gasteiger partial charge in [0.1, 0.15) is 0 Å². The maximum atomic E-state index is 12.0. The number of hydrogen-bond donors (Lipinski definition) is 3. The molecule has 33 heavy (non-hydrogen) atoms. The quantitative estimate of drug-likeness (QED) is 0.395. The molecule has 5 rings (SSSR count). The molecular formula is C26H25N5OS. The molecule has 4 aromatic rings. The van der Waals surface area contributed by atoms with Gasteiger partial charge in [-0.3, -0.25) is 4.79 Å². The van der Waals surface area contributed by atoms with E-state index in [1.54, 1.807) is 24.6 Å². The molecule has 0 bridgehead atoms. The fourth-order valence-electron chi connectivity index (χ4n) is 4.32. The molecule has 2 heterocycles. The van der Waals surface area contributed by atoms with E-state index in [4.69, 9.17) is 5.73 Å². The van der Waals surface area contributed by atoms with Crippen LogP contribution in [0.1, 0.15) is 39.6 Å². The van der Waals surface area contributed by atoms with Gasteiger partial charge < -0.3 is 16.4 Å². The Morgan fingerprint density at radius 2 is 2.06 bits per heavy atom. The SMILES string of the molecule is CNC(=O)c1nc(-c2cccc(CNC3CCc4ccc(-c5cccs5)cc43)c2)cnc1N. The number of carbonyl (C=O) groups excluding carboxylic acids is 1. The summed E-state index contributed by atoms with van der Waals surface area (Å²) < 4.78 is 0. The van der Waals surface area contributed by atoms with E-state index in [0.717, 1.165) is 30.5 Å². The summed E-state index contributed by atoms with van der Waals surface area (Å²) in [5.74, 6) is -0.223. The first kappa shape index (κ1) is 21.3. The zero-order valence-corrected chi connectivity index (χ0v) is 19.2. The highest BCUT2D eigenvalue weighted by atomic mass is 32.1. The summed E-state index contributed by atoms with van der Waals surface area (Å²) in [4.78, 5) is 21.9. The lowest BCUT2D eigenvalue weighted by Gasteiger charge is -2.15. The second-order valence-corrected chi connectivity index (χ2v) is 9.08. The van der Waals surface area contributed by atoms with E-state index in [0.29, 0.717) is 11.7 Å². The van der Waals surface area contributed by atoms with Crippen LogP contribution in [0.3, 0.4) is 0 Å². The number of nitrogen functional groups attached to an aromatic ring is 1. The van der Waals surface area contributed by atoms with Crippen LogP contribution >= 0.6 is 11.3 Å². The topological polar surface area (TPSA) is 92.9 Å². The van der Waals surface area contributed by atoms with Crippen LogP contribution < -0.4 is 16.4 Å². The zero-order valence-electron chi connectivity index (χ0n) is 18.3. The standard InChI is InChI=1S/C26H25N5OS/c1-28-26(32)24-25(27)30-15-22(31-24)18-5-2-4-16(12-18)14-29-21-10-9-17-7-8-19(13-20(17)21)23-6-3-11-33-23/h2-8,11-13,15,21,29H,9-10,14H2,1H3,(H2,27,30)(H,28,32). The summed E-state index contributed by atoms with van der Waals surface area (Å²) in [5.41, 5.74) is 12.8. The molecule has 1 aliphatic rings. The number of benzene rings is 2. The van der Waals surface area contributed by atoms with Crippen LogP contribution in [0, 0.1) is 0 Å². The molecule has 2 aromatic carbocycles. The number of rotatable bonds is 6. The van der Waals surface area contributed by atoms with E-state index in [9.17, 15) is 4.79 Å². The normalized spacial score (nSPS) is 14.8. The van der Waals surface area contributed by atoms with Crippen molar-refractivity contribution in [1.82, 2.24) is 20.6 Å². The van der Waals surface area contributed by atoms with Gasteiger partial charge in [0.15, 0.2) is 11.5 Å². The fourth-order valence-corrected chi connectivity index (χ4v) is 5.04. The molecule has 4 N–H and O–H groups in total. The van der Waals surface area contributed by atoms with Crippen LogP contribution in [-0.2, 0) is 13.0 Å². The monoisotopic (exact) mass is 455 g/mol.